The van der Waals surface area contributed by atoms with E-state index in [0.29, 0.717) is 39.7 Å². The Morgan fingerprint density at radius 1 is 0.944 bits per heavy atom. The van der Waals surface area contributed by atoms with Crippen LogP contribution in [0.2, 0.25) is 0 Å². The number of anilines is 2. The van der Waals surface area contributed by atoms with Gasteiger partial charge in [-0.25, -0.2) is 14.2 Å². The Morgan fingerprint density at radius 3 is 2.36 bits per heavy atom. The van der Waals surface area contributed by atoms with E-state index in [0.717, 1.165) is 0 Å². The van der Waals surface area contributed by atoms with Gasteiger partial charge in [-0.1, -0.05) is 30.3 Å². The van der Waals surface area contributed by atoms with Crippen molar-refractivity contribution in [2.45, 2.75) is 0 Å². The van der Waals surface area contributed by atoms with E-state index in [-0.39, 0.29) is 23.1 Å². The van der Waals surface area contributed by atoms with Crippen molar-refractivity contribution in [2.75, 3.05) is 25.3 Å². The number of amides is 1. The van der Waals surface area contributed by atoms with Crippen molar-refractivity contribution in [3.63, 3.8) is 0 Å². The standard InChI is InChI=1S/C26H22N6O4/c1-35-21-13-10-17(14-22(21)36-2)25(33)28-18-11-8-16(9-12-18)20-15-31-24(23(27)29-20)30-32(26(31)34)19-6-4-3-5-7-19/h3-15H,1-2H3,(H2,27,29)(H,28,33). The van der Waals surface area contributed by atoms with Crippen molar-refractivity contribution in [1.82, 2.24) is 19.2 Å². The number of rotatable bonds is 6. The predicted octanol–water partition coefficient (Wildman–Crippen LogP) is 3.40. The number of carbonyl (C=O) groups is 1. The minimum absolute atomic E-state index is 0.130. The fraction of sp³-hybridized carbons (Fsp3) is 0.0769. The number of carbonyl (C=O) groups excluding carboxylic acids is 1. The van der Waals surface area contributed by atoms with Gasteiger partial charge in [-0.3, -0.25) is 4.79 Å². The highest BCUT2D eigenvalue weighted by Gasteiger charge is 2.15. The van der Waals surface area contributed by atoms with E-state index < -0.39 is 0 Å². The molecule has 1 amide bonds. The first-order valence-electron chi connectivity index (χ1n) is 11.0. The van der Waals surface area contributed by atoms with Crippen LogP contribution in [0, 0.1) is 0 Å². The number of nitrogens with zero attached hydrogens (tertiary/aromatic N) is 4. The Morgan fingerprint density at radius 2 is 1.67 bits per heavy atom. The van der Waals surface area contributed by atoms with Crippen LogP contribution in [0.15, 0.2) is 83.8 Å². The molecule has 0 aliphatic heterocycles. The molecule has 36 heavy (non-hydrogen) atoms. The third-order valence-corrected chi connectivity index (χ3v) is 5.62. The normalized spacial score (nSPS) is 10.8. The van der Waals surface area contributed by atoms with Gasteiger partial charge in [0.25, 0.3) is 5.91 Å². The summed E-state index contributed by atoms with van der Waals surface area (Å²) in [5.41, 5.74) is 8.89. The molecule has 5 rings (SSSR count). The number of hydrogen-bond donors (Lipinski definition) is 2. The number of fused-ring (bicyclic) bond motifs is 1. The van der Waals surface area contributed by atoms with Crippen molar-refractivity contribution < 1.29 is 14.3 Å². The molecule has 0 saturated heterocycles. The van der Waals surface area contributed by atoms with Gasteiger partial charge in [-0.2, -0.15) is 4.68 Å². The molecule has 2 aromatic heterocycles. The predicted molar refractivity (Wildman–Crippen MR) is 136 cm³/mol. The van der Waals surface area contributed by atoms with Gasteiger partial charge in [0.2, 0.25) is 5.65 Å². The van der Waals surface area contributed by atoms with Crippen LogP contribution in [-0.4, -0.2) is 39.3 Å². The third-order valence-electron chi connectivity index (χ3n) is 5.62. The van der Waals surface area contributed by atoms with E-state index in [4.69, 9.17) is 15.2 Å². The van der Waals surface area contributed by atoms with Gasteiger partial charge < -0.3 is 20.5 Å². The molecule has 5 aromatic rings. The van der Waals surface area contributed by atoms with Gasteiger partial charge in [0.05, 0.1) is 25.6 Å². The van der Waals surface area contributed by atoms with E-state index in [2.05, 4.69) is 15.4 Å². The zero-order valence-electron chi connectivity index (χ0n) is 19.5. The molecular formula is C26H22N6O4. The summed E-state index contributed by atoms with van der Waals surface area (Å²) in [6.07, 6.45) is 1.59. The van der Waals surface area contributed by atoms with E-state index in [1.807, 2.05) is 18.2 Å². The molecule has 0 fully saturated rings. The number of methoxy groups -OCH3 is 2. The molecular weight excluding hydrogens is 460 g/mol. The van der Waals surface area contributed by atoms with Gasteiger partial charge in [0.1, 0.15) is 0 Å². The number of benzene rings is 3. The van der Waals surface area contributed by atoms with Crippen molar-refractivity contribution >= 4 is 23.1 Å². The largest absolute Gasteiger partial charge is 0.493 e. The lowest BCUT2D eigenvalue weighted by Gasteiger charge is -2.10. The van der Waals surface area contributed by atoms with Crippen molar-refractivity contribution in [1.29, 1.82) is 0 Å². The van der Waals surface area contributed by atoms with Crippen LogP contribution in [0.3, 0.4) is 0 Å². The van der Waals surface area contributed by atoms with Crippen molar-refractivity contribution in [3.05, 3.63) is 95.0 Å². The van der Waals surface area contributed by atoms with Crippen LogP contribution in [-0.2, 0) is 0 Å². The highest BCUT2D eigenvalue weighted by Crippen LogP contribution is 2.28. The summed E-state index contributed by atoms with van der Waals surface area (Å²) in [6.45, 7) is 0. The number of nitrogens with two attached hydrogens (primary N) is 1. The zero-order valence-corrected chi connectivity index (χ0v) is 19.5. The molecule has 0 aliphatic carbocycles. The zero-order chi connectivity index (χ0) is 25.2. The Labute approximate surface area is 205 Å². The average molecular weight is 483 g/mol. The van der Waals surface area contributed by atoms with Crippen LogP contribution in [0.1, 0.15) is 10.4 Å². The lowest BCUT2D eigenvalue weighted by Crippen LogP contribution is -2.19. The second kappa shape index (κ2) is 9.26. The first-order chi connectivity index (χ1) is 17.5. The van der Waals surface area contributed by atoms with Crippen LogP contribution >= 0.6 is 0 Å². The van der Waals surface area contributed by atoms with Crippen LogP contribution in [0.4, 0.5) is 11.5 Å². The van der Waals surface area contributed by atoms with E-state index >= 15 is 0 Å². The van der Waals surface area contributed by atoms with Crippen LogP contribution in [0.25, 0.3) is 22.6 Å². The topological polar surface area (TPSA) is 126 Å². The summed E-state index contributed by atoms with van der Waals surface area (Å²) in [6, 6.07) is 21.1. The maximum absolute atomic E-state index is 13.0. The van der Waals surface area contributed by atoms with Gasteiger partial charge in [-0.05, 0) is 42.5 Å². The summed E-state index contributed by atoms with van der Waals surface area (Å²) >= 11 is 0. The number of para-hydroxylation sites is 1. The first-order valence-corrected chi connectivity index (χ1v) is 11.0. The molecule has 10 heteroatoms. The summed E-state index contributed by atoms with van der Waals surface area (Å²) in [5.74, 6) is 0.832. The fourth-order valence-electron chi connectivity index (χ4n) is 3.78. The Hall–Kier alpha value is -5.12. The lowest BCUT2D eigenvalue weighted by atomic mass is 10.1. The van der Waals surface area contributed by atoms with Gasteiger partial charge in [-0.15, -0.1) is 5.10 Å². The molecule has 2 heterocycles. The average Bonchev–Trinajstić information content (AvgIpc) is 3.26. The molecule has 0 aliphatic rings. The Balaban J connectivity index is 1.41. The molecule has 0 saturated carbocycles. The number of nitrogen functional groups attached to an aromatic ring is 1. The SMILES string of the molecule is COc1ccc(C(=O)Nc2ccc(-c3cn4c(=O)n(-c5ccccc5)nc4c(N)n3)cc2)cc1OC. The minimum Gasteiger partial charge on any atom is -0.493 e. The second-order valence-corrected chi connectivity index (χ2v) is 7.84. The summed E-state index contributed by atoms with van der Waals surface area (Å²) in [4.78, 5) is 30.1. The molecule has 0 bridgehead atoms. The molecule has 3 N–H and O–H groups in total. The molecule has 180 valence electrons. The highest BCUT2D eigenvalue weighted by molar-refractivity contribution is 6.04. The number of hydrogen-bond acceptors (Lipinski definition) is 7. The number of nitrogens with one attached hydrogen (secondary N) is 1. The maximum Gasteiger partial charge on any atom is 0.355 e. The quantitative estimate of drug-likeness (QED) is 0.380. The molecule has 10 nitrogen and oxygen atoms in total. The molecule has 3 aromatic carbocycles. The van der Waals surface area contributed by atoms with Crippen molar-refractivity contribution in [2.24, 2.45) is 0 Å². The van der Waals surface area contributed by atoms with Crippen LogP contribution in [0.5, 0.6) is 11.5 Å². The van der Waals surface area contributed by atoms with E-state index in [1.54, 1.807) is 60.8 Å². The van der Waals surface area contributed by atoms with E-state index in [9.17, 15) is 9.59 Å². The third kappa shape index (κ3) is 4.11. The minimum atomic E-state index is -0.356. The van der Waals surface area contributed by atoms with Gasteiger partial charge in [0.15, 0.2) is 17.3 Å². The first kappa shape index (κ1) is 22.7. The number of aromatic nitrogens is 4. The van der Waals surface area contributed by atoms with Gasteiger partial charge in [0, 0.05) is 23.0 Å². The molecule has 0 atom stereocenters. The lowest BCUT2D eigenvalue weighted by molar-refractivity contribution is 0.102. The van der Waals surface area contributed by atoms with Crippen molar-refractivity contribution in [3.8, 4) is 28.4 Å². The molecule has 0 spiro atoms. The Bertz CT molecular complexity index is 1620. The maximum atomic E-state index is 13.0. The summed E-state index contributed by atoms with van der Waals surface area (Å²) < 4.78 is 13.1. The number of ether oxygens (including phenoxy) is 2. The highest BCUT2D eigenvalue weighted by atomic mass is 16.5. The van der Waals surface area contributed by atoms with Crippen LogP contribution < -0.4 is 26.2 Å². The second-order valence-electron chi connectivity index (χ2n) is 7.84. The van der Waals surface area contributed by atoms with E-state index in [1.165, 1.54) is 23.3 Å². The monoisotopic (exact) mass is 482 g/mol. The fourth-order valence-corrected chi connectivity index (χ4v) is 3.78. The van der Waals surface area contributed by atoms with Gasteiger partial charge >= 0.3 is 5.69 Å². The summed E-state index contributed by atoms with van der Waals surface area (Å²) in [7, 11) is 3.04. The Kier molecular flexibility index (Phi) is 5.83. The smallest absolute Gasteiger partial charge is 0.355 e. The molecule has 0 unspecified atom stereocenters. The summed E-state index contributed by atoms with van der Waals surface area (Å²) in [5, 5.41) is 7.18. The molecule has 0 radical (unpaired) electrons.